The lowest BCUT2D eigenvalue weighted by Crippen LogP contribution is -2.47. The summed E-state index contributed by atoms with van der Waals surface area (Å²) in [5.41, 5.74) is 5.91. The molecule has 0 unspecified atom stereocenters. The zero-order valence-corrected chi connectivity index (χ0v) is 16.1. The van der Waals surface area contributed by atoms with Gasteiger partial charge in [-0.3, -0.25) is 9.80 Å². The third kappa shape index (κ3) is 4.48. The summed E-state index contributed by atoms with van der Waals surface area (Å²) < 4.78 is 7.99. The molecule has 2 heterocycles. The number of aromatic nitrogens is 3. The molecule has 1 aliphatic carbocycles. The van der Waals surface area contributed by atoms with E-state index in [1.807, 2.05) is 30.3 Å². The molecule has 7 nitrogen and oxygen atoms in total. The molecule has 0 spiro atoms. The van der Waals surface area contributed by atoms with Crippen molar-refractivity contribution in [1.29, 1.82) is 0 Å². The first-order valence-electron chi connectivity index (χ1n) is 9.95. The van der Waals surface area contributed by atoms with Gasteiger partial charge in [0.05, 0.1) is 6.54 Å². The third-order valence-corrected chi connectivity index (χ3v) is 5.79. The zero-order valence-electron chi connectivity index (χ0n) is 16.1. The zero-order chi connectivity index (χ0) is 18.6. The van der Waals surface area contributed by atoms with Crippen LogP contribution in [0.5, 0.6) is 5.75 Å². The summed E-state index contributed by atoms with van der Waals surface area (Å²) >= 11 is 0. The first-order valence-corrected chi connectivity index (χ1v) is 9.95. The predicted molar refractivity (Wildman–Crippen MR) is 105 cm³/mol. The second-order valence-corrected chi connectivity index (χ2v) is 7.74. The van der Waals surface area contributed by atoms with Crippen LogP contribution in [0.2, 0.25) is 0 Å². The monoisotopic (exact) mass is 370 g/mol. The minimum Gasteiger partial charge on any atom is -0.492 e. The fourth-order valence-electron chi connectivity index (χ4n) is 3.92. The first kappa shape index (κ1) is 18.4. The SMILES string of the molecule is Cn1c(CN2CCN(CCOc3ccccc3)CC2)nnc1C1CC(N)C1. The Morgan fingerprint density at radius 2 is 1.74 bits per heavy atom. The standard InChI is InChI=1S/C20H30N6O/c1-24-19(22-23-20(24)16-13-17(21)14-16)15-26-9-7-25(8-10-26)11-12-27-18-5-3-2-4-6-18/h2-6,16-17H,7-15,21H2,1H3. The highest BCUT2D eigenvalue weighted by Crippen LogP contribution is 2.34. The van der Waals surface area contributed by atoms with Gasteiger partial charge in [0.25, 0.3) is 0 Å². The van der Waals surface area contributed by atoms with E-state index in [-0.39, 0.29) is 0 Å². The van der Waals surface area contributed by atoms with Gasteiger partial charge in [0, 0.05) is 51.7 Å². The maximum atomic E-state index is 5.91. The molecule has 7 heteroatoms. The van der Waals surface area contributed by atoms with E-state index in [2.05, 4.69) is 31.6 Å². The van der Waals surface area contributed by atoms with Crippen LogP contribution in [-0.2, 0) is 13.6 Å². The number of hydrogen-bond acceptors (Lipinski definition) is 6. The van der Waals surface area contributed by atoms with Crippen LogP contribution in [0.25, 0.3) is 0 Å². The van der Waals surface area contributed by atoms with Gasteiger partial charge in [0.2, 0.25) is 0 Å². The Kier molecular flexibility index (Phi) is 5.71. The fourth-order valence-corrected chi connectivity index (χ4v) is 3.92. The van der Waals surface area contributed by atoms with Gasteiger partial charge in [-0.05, 0) is 25.0 Å². The lowest BCUT2D eigenvalue weighted by atomic mass is 9.80. The summed E-state index contributed by atoms with van der Waals surface area (Å²) in [5, 5.41) is 8.86. The molecule has 1 aliphatic heterocycles. The summed E-state index contributed by atoms with van der Waals surface area (Å²) in [7, 11) is 2.09. The highest BCUT2D eigenvalue weighted by atomic mass is 16.5. The van der Waals surface area contributed by atoms with Crippen LogP contribution in [0.1, 0.15) is 30.4 Å². The summed E-state index contributed by atoms with van der Waals surface area (Å²) in [6.07, 6.45) is 2.07. The Morgan fingerprint density at radius 1 is 1.04 bits per heavy atom. The number of nitrogens with two attached hydrogens (primary N) is 1. The summed E-state index contributed by atoms with van der Waals surface area (Å²) in [6, 6.07) is 10.4. The third-order valence-electron chi connectivity index (χ3n) is 5.79. The molecular weight excluding hydrogens is 340 g/mol. The van der Waals surface area contributed by atoms with Crippen LogP contribution in [0.3, 0.4) is 0 Å². The van der Waals surface area contributed by atoms with E-state index in [0.29, 0.717) is 12.0 Å². The van der Waals surface area contributed by atoms with E-state index in [1.165, 1.54) is 0 Å². The van der Waals surface area contributed by atoms with Crippen molar-refractivity contribution in [2.24, 2.45) is 12.8 Å². The summed E-state index contributed by atoms with van der Waals surface area (Å²) in [6.45, 7) is 6.83. The summed E-state index contributed by atoms with van der Waals surface area (Å²) in [5.74, 6) is 3.60. The topological polar surface area (TPSA) is 72.4 Å². The number of ether oxygens (including phenoxy) is 1. The molecule has 1 saturated carbocycles. The van der Waals surface area contributed by atoms with Gasteiger partial charge in [0.15, 0.2) is 0 Å². The lowest BCUT2D eigenvalue weighted by Gasteiger charge is -2.34. The quantitative estimate of drug-likeness (QED) is 0.790. The molecule has 0 atom stereocenters. The molecule has 27 heavy (non-hydrogen) atoms. The molecule has 2 aromatic rings. The molecule has 0 bridgehead atoms. The second-order valence-electron chi connectivity index (χ2n) is 7.74. The van der Waals surface area contributed by atoms with Gasteiger partial charge >= 0.3 is 0 Å². The van der Waals surface area contributed by atoms with E-state index in [9.17, 15) is 0 Å². The van der Waals surface area contributed by atoms with Crippen LogP contribution in [0, 0.1) is 0 Å². The number of hydrogen-bond donors (Lipinski definition) is 1. The van der Waals surface area contributed by atoms with Crippen molar-refractivity contribution in [3.8, 4) is 5.75 Å². The van der Waals surface area contributed by atoms with Crippen molar-refractivity contribution in [2.75, 3.05) is 39.3 Å². The van der Waals surface area contributed by atoms with Crippen molar-refractivity contribution in [3.63, 3.8) is 0 Å². The minimum absolute atomic E-state index is 0.342. The molecule has 1 aromatic carbocycles. The second kappa shape index (κ2) is 8.37. The Bertz CT molecular complexity index is 719. The molecular formula is C20H30N6O. The molecule has 1 aromatic heterocycles. The molecule has 2 N–H and O–H groups in total. The van der Waals surface area contributed by atoms with Crippen LogP contribution >= 0.6 is 0 Å². The van der Waals surface area contributed by atoms with E-state index < -0.39 is 0 Å². The Balaban J connectivity index is 1.19. The molecule has 0 amide bonds. The number of piperazine rings is 1. The van der Waals surface area contributed by atoms with Gasteiger partial charge in [-0.25, -0.2) is 0 Å². The van der Waals surface area contributed by atoms with E-state index in [1.54, 1.807) is 0 Å². The molecule has 146 valence electrons. The smallest absolute Gasteiger partial charge is 0.146 e. The van der Waals surface area contributed by atoms with E-state index in [4.69, 9.17) is 10.5 Å². The van der Waals surface area contributed by atoms with Crippen LogP contribution < -0.4 is 10.5 Å². The van der Waals surface area contributed by atoms with Gasteiger partial charge in [-0.1, -0.05) is 18.2 Å². The van der Waals surface area contributed by atoms with E-state index >= 15 is 0 Å². The number of benzene rings is 1. The van der Waals surface area contributed by atoms with Crippen molar-refractivity contribution in [3.05, 3.63) is 42.0 Å². The van der Waals surface area contributed by atoms with Crippen LogP contribution in [0.15, 0.2) is 30.3 Å². The average Bonchev–Trinajstić information content (AvgIpc) is 3.01. The van der Waals surface area contributed by atoms with Gasteiger partial charge in [0.1, 0.15) is 24.0 Å². The largest absolute Gasteiger partial charge is 0.492 e. The minimum atomic E-state index is 0.342. The number of rotatable bonds is 7. The maximum absolute atomic E-state index is 5.91. The fraction of sp³-hybridized carbons (Fsp3) is 0.600. The maximum Gasteiger partial charge on any atom is 0.146 e. The Morgan fingerprint density at radius 3 is 2.44 bits per heavy atom. The van der Waals surface area contributed by atoms with Crippen molar-refractivity contribution in [2.45, 2.75) is 31.3 Å². The Labute approximate surface area is 161 Å². The average molecular weight is 371 g/mol. The Hall–Kier alpha value is -1.96. The van der Waals surface area contributed by atoms with E-state index in [0.717, 1.165) is 76.1 Å². The van der Waals surface area contributed by atoms with Crippen molar-refractivity contribution < 1.29 is 4.74 Å². The first-order chi connectivity index (χ1) is 13.2. The highest BCUT2D eigenvalue weighted by molar-refractivity contribution is 5.20. The molecule has 4 rings (SSSR count). The highest BCUT2D eigenvalue weighted by Gasteiger charge is 2.31. The van der Waals surface area contributed by atoms with Gasteiger partial charge < -0.3 is 15.0 Å². The van der Waals surface area contributed by atoms with Crippen LogP contribution in [-0.4, -0.2) is 69.9 Å². The molecule has 1 saturated heterocycles. The molecule has 0 radical (unpaired) electrons. The van der Waals surface area contributed by atoms with Crippen molar-refractivity contribution in [1.82, 2.24) is 24.6 Å². The normalized spacial score (nSPS) is 23.9. The molecule has 2 aliphatic rings. The number of para-hydroxylation sites is 1. The predicted octanol–water partition coefficient (Wildman–Crippen LogP) is 1.22. The molecule has 2 fully saturated rings. The van der Waals surface area contributed by atoms with Crippen molar-refractivity contribution >= 4 is 0 Å². The van der Waals surface area contributed by atoms with Gasteiger partial charge in [-0.2, -0.15) is 0 Å². The van der Waals surface area contributed by atoms with Crippen LogP contribution in [0.4, 0.5) is 0 Å². The van der Waals surface area contributed by atoms with Gasteiger partial charge in [-0.15, -0.1) is 10.2 Å². The summed E-state index contributed by atoms with van der Waals surface area (Å²) in [4.78, 5) is 4.94. The lowest BCUT2D eigenvalue weighted by molar-refractivity contribution is 0.110. The number of nitrogens with zero attached hydrogens (tertiary/aromatic N) is 5.